The molecule has 1 fully saturated rings. The zero-order valence-corrected chi connectivity index (χ0v) is 21.0. The summed E-state index contributed by atoms with van der Waals surface area (Å²) in [5.41, 5.74) is 2.62. The van der Waals surface area contributed by atoms with Crippen molar-refractivity contribution in [2.45, 2.75) is 13.2 Å². The first-order valence-electron chi connectivity index (χ1n) is 11.3. The molecule has 5 rings (SSSR count). The molecule has 0 saturated carbocycles. The number of methoxy groups -OCH3 is 1. The molecule has 0 aliphatic carbocycles. The summed E-state index contributed by atoms with van der Waals surface area (Å²) in [6.07, 6.45) is 1.70. The van der Waals surface area contributed by atoms with Crippen molar-refractivity contribution in [3.05, 3.63) is 112 Å². The Morgan fingerprint density at radius 1 is 0.861 bits per heavy atom. The van der Waals surface area contributed by atoms with Crippen molar-refractivity contribution in [1.82, 2.24) is 4.90 Å². The minimum atomic E-state index is -0.324. The number of hydrogen-bond acceptors (Lipinski definition) is 5. The van der Waals surface area contributed by atoms with Gasteiger partial charge in [-0.1, -0.05) is 66.2 Å². The smallest absolute Gasteiger partial charge is 0.293 e. The number of halogens is 1. The second-order valence-corrected chi connectivity index (χ2v) is 9.70. The molecule has 7 heteroatoms. The molecule has 4 aromatic carbocycles. The maximum atomic E-state index is 12.9. The van der Waals surface area contributed by atoms with Crippen molar-refractivity contribution in [3.63, 3.8) is 0 Å². The molecule has 36 heavy (non-hydrogen) atoms. The van der Waals surface area contributed by atoms with Gasteiger partial charge in [0.05, 0.1) is 18.6 Å². The molecular weight excluding hydrogens is 494 g/mol. The van der Waals surface area contributed by atoms with Gasteiger partial charge >= 0.3 is 0 Å². The van der Waals surface area contributed by atoms with Gasteiger partial charge in [-0.2, -0.15) is 0 Å². The van der Waals surface area contributed by atoms with Crippen molar-refractivity contribution in [3.8, 4) is 11.5 Å². The van der Waals surface area contributed by atoms with E-state index in [9.17, 15) is 9.59 Å². The average molecular weight is 516 g/mol. The summed E-state index contributed by atoms with van der Waals surface area (Å²) in [5, 5.41) is 2.64. The Kier molecular flexibility index (Phi) is 6.98. The number of rotatable bonds is 7. The zero-order valence-electron chi connectivity index (χ0n) is 19.4. The molecule has 0 N–H and O–H groups in total. The van der Waals surface area contributed by atoms with Crippen molar-refractivity contribution in [1.29, 1.82) is 0 Å². The Balaban J connectivity index is 1.29. The van der Waals surface area contributed by atoms with Crippen LogP contribution in [0.4, 0.5) is 4.79 Å². The fraction of sp³-hybridized carbons (Fsp3) is 0.103. The number of amides is 2. The number of carbonyl (C=O) groups excluding carboxylic acids is 2. The SMILES string of the molecule is COc1cc(/C=C2\SC(=O)N(Cc3ccc(Cl)cc3)C2=O)ccc1OCc1ccc2ccccc2c1. The van der Waals surface area contributed by atoms with Gasteiger partial charge in [-0.05, 0) is 75.6 Å². The summed E-state index contributed by atoms with van der Waals surface area (Å²) in [4.78, 5) is 27.0. The van der Waals surface area contributed by atoms with Gasteiger partial charge in [0.2, 0.25) is 0 Å². The van der Waals surface area contributed by atoms with Gasteiger partial charge < -0.3 is 9.47 Å². The van der Waals surface area contributed by atoms with Crippen molar-refractivity contribution >= 4 is 51.4 Å². The van der Waals surface area contributed by atoms with Gasteiger partial charge in [-0.25, -0.2) is 0 Å². The topological polar surface area (TPSA) is 55.8 Å². The Hall–Kier alpha value is -3.74. The second kappa shape index (κ2) is 10.5. The Morgan fingerprint density at radius 3 is 2.39 bits per heavy atom. The molecule has 0 spiro atoms. The second-order valence-electron chi connectivity index (χ2n) is 8.27. The number of hydrogen-bond donors (Lipinski definition) is 0. The molecule has 2 amide bonds. The molecule has 1 heterocycles. The molecule has 1 aliphatic heterocycles. The predicted octanol–water partition coefficient (Wildman–Crippen LogP) is 7.32. The normalized spacial score (nSPS) is 14.6. The summed E-state index contributed by atoms with van der Waals surface area (Å²) >= 11 is 6.85. The highest BCUT2D eigenvalue weighted by Gasteiger charge is 2.35. The first-order valence-corrected chi connectivity index (χ1v) is 12.5. The number of nitrogens with zero attached hydrogens (tertiary/aromatic N) is 1. The average Bonchev–Trinajstić information content (AvgIpc) is 3.16. The molecule has 5 nitrogen and oxygen atoms in total. The third-order valence-electron chi connectivity index (χ3n) is 5.82. The fourth-order valence-electron chi connectivity index (χ4n) is 3.94. The van der Waals surface area contributed by atoms with Crippen molar-refractivity contribution in [2.75, 3.05) is 7.11 Å². The fourth-order valence-corrected chi connectivity index (χ4v) is 4.91. The first-order chi connectivity index (χ1) is 17.5. The monoisotopic (exact) mass is 515 g/mol. The molecule has 4 aromatic rings. The number of carbonyl (C=O) groups is 2. The lowest BCUT2D eigenvalue weighted by atomic mass is 10.1. The van der Waals surface area contributed by atoms with Crippen LogP contribution in [-0.2, 0) is 17.9 Å². The van der Waals surface area contributed by atoms with E-state index in [0.717, 1.165) is 33.8 Å². The largest absolute Gasteiger partial charge is 0.493 e. The van der Waals surface area contributed by atoms with E-state index in [4.69, 9.17) is 21.1 Å². The predicted molar refractivity (Wildman–Crippen MR) is 144 cm³/mol. The van der Waals surface area contributed by atoms with Crippen LogP contribution in [0.25, 0.3) is 16.8 Å². The summed E-state index contributed by atoms with van der Waals surface area (Å²) in [7, 11) is 1.57. The summed E-state index contributed by atoms with van der Waals surface area (Å²) in [5.74, 6) is 0.819. The van der Waals surface area contributed by atoms with E-state index in [0.29, 0.717) is 28.0 Å². The molecular formula is C29H22ClNO4S. The van der Waals surface area contributed by atoms with Crippen molar-refractivity contribution < 1.29 is 19.1 Å². The number of thioether (sulfide) groups is 1. The van der Waals surface area contributed by atoms with Crippen LogP contribution >= 0.6 is 23.4 Å². The highest BCUT2D eigenvalue weighted by molar-refractivity contribution is 8.18. The number of benzene rings is 4. The van der Waals surface area contributed by atoms with Crippen LogP contribution in [0.15, 0.2) is 89.8 Å². The maximum absolute atomic E-state index is 12.9. The lowest BCUT2D eigenvalue weighted by molar-refractivity contribution is -0.123. The third-order valence-corrected chi connectivity index (χ3v) is 6.98. The molecule has 0 unspecified atom stereocenters. The van der Waals surface area contributed by atoms with Crippen LogP contribution in [0, 0.1) is 0 Å². The quantitative estimate of drug-likeness (QED) is 0.241. The molecule has 0 bridgehead atoms. The van der Waals surface area contributed by atoms with E-state index in [1.807, 2.05) is 30.3 Å². The molecule has 1 aliphatic rings. The summed E-state index contributed by atoms with van der Waals surface area (Å²) in [6.45, 7) is 0.591. The van der Waals surface area contributed by atoms with Gasteiger partial charge in [0, 0.05) is 5.02 Å². The Bertz CT molecular complexity index is 1480. The van der Waals surface area contributed by atoms with Gasteiger partial charge in [-0.15, -0.1) is 0 Å². The third kappa shape index (κ3) is 5.25. The molecule has 1 saturated heterocycles. The first kappa shape index (κ1) is 24.0. The van der Waals surface area contributed by atoms with Crippen LogP contribution < -0.4 is 9.47 Å². The highest BCUT2D eigenvalue weighted by Crippen LogP contribution is 2.35. The standard InChI is InChI=1S/C29H22ClNO4S/c1-34-26-15-20(9-13-25(26)35-18-21-6-10-22-4-2-3-5-23(22)14-21)16-27-28(32)31(29(33)36-27)17-19-7-11-24(30)12-8-19/h2-16H,17-18H2,1H3/b27-16-. The lowest BCUT2D eigenvalue weighted by Crippen LogP contribution is -2.27. The molecule has 180 valence electrons. The summed E-state index contributed by atoms with van der Waals surface area (Å²) < 4.78 is 11.6. The molecule has 0 atom stereocenters. The molecule has 0 radical (unpaired) electrons. The van der Waals surface area contributed by atoms with E-state index in [-0.39, 0.29) is 17.7 Å². The van der Waals surface area contributed by atoms with Crippen LogP contribution in [0.5, 0.6) is 11.5 Å². The van der Waals surface area contributed by atoms with E-state index in [2.05, 4.69) is 24.3 Å². The zero-order chi connectivity index (χ0) is 25.1. The summed E-state index contributed by atoms with van der Waals surface area (Å²) in [6, 6.07) is 26.9. The molecule has 0 aromatic heterocycles. The maximum Gasteiger partial charge on any atom is 0.293 e. The number of ether oxygens (including phenoxy) is 2. The Labute approximate surface area is 218 Å². The van der Waals surface area contributed by atoms with Gasteiger partial charge in [-0.3, -0.25) is 14.5 Å². The van der Waals surface area contributed by atoms with E-state index >= 15 is 0 Å². The van der Waals surface area contributed by atoms with Crippen LogP contribution in [0.3, 0.4) is 0 Å². The van der Waals surface area contributed by atoms with E-state index < -0.39 is 0 Å². The highest BCUT2D eigenvalue weighted by atomic mass is 35.5. The lowest BCUT2D eigenvalue weighted by Gasteiger charge is -2.13. The van der Waals surface area contributed by atoms with Crippen LogP contribution in [0.1, 0.15) is 16.7 Å². The number of imide groups is 1. The van der Waals surface area contributed by atoms with Crippen molar-refractivity contribution in [2.24, 2.45) is 0 Å². The number of fused-ring (bicyclic) bond motifs is 1. The van der Waals surface area contributed by atoms with E-state index in [1.54, 1.807) is 43.5 Å². The van der Waals surface area contributed by atoms with Crippen LogP contribution in [0.2, 0.25) is 5.02 Å². The van der Waals surface area contributed by atoms with Gasteiger partial charge in [0.25, 0.3) is 11.1 Å². The Morgan fingerprint density at radius 2 is 1.61 bits per heavy atom. The van der Waals surface area contributed by atoms with Gasteiger partial charge in [0.1, 0.15) is 6.61 Å². The minimum Gasteiger partial charge on any atom is -0.493 e. The van der Waals surface area contributed by atoms with E-state index in [1.165, 1.54) is 10.3 Å². The van der Waals surface area contributed by atoms with Gasteiger partial charge in [0.15, 0.2) is 11.5 Å². The minimum absolute atomic E-state index is 0.198. The van der Waals surface area contributed by atoms with Crippen LogP contribution in [-0.4, -0.2) is 23.2 Å².